The van der Waals surface area contributed by atoms with Gasteiger partial charge >= 0.3 is 0 Å². The summed E-state index contributed by atoms with van der Waals surface area (Å²) in [5, 5.41) is 9.83. The number of carbonyl (C=O) groups is 1. The van der Waals surface area contributed by atoms with Crippen LogP contribution in [0.1, 0.15) is 5.56 Å². The third-order valence-electron chi connectivity index (χ3n) is 2.49. The van der Waals surface area contributed by atoms with Crippen LogP contribution >= 0.6 is 0 Å². The van der Waals surface area contributed by atoms with E-state index in [1.165, 1.54) is 0 Å². The Balaban J connectivity index is 2.35. The van der Waals surface area contributed by atoms with Crippen molar-refractivity contribution in [3.63, 3.8) is 0 Å². The van der Waals surface area contributed by atoms with Gasteiger partial charge in [0.25, 0.3) is 5.91 Å². The monoisotopic (exact) mass is 207 g/mol. The van der Waals surface area contributed by atoms with Crippen LogP contribution < -0.4 is 4.90 Å². The van der Waals surface area contributed by atoms with Crippen LogP contribution in [0.25, 0.3) is 0 Å². The molecule has 1 heterocycles. The number of aromatic hydroxyl groups is 1. The van der Waals surface area contributed by atoms with Gasteiger partial charge in [0.2, 0.25) is 0 Å². The average molecular weight is 207 g/mol. The van der Waals surface area contributed by atoms with Gasteiger partial charge in [-0.05, 0) is 18.6 Å². The second-order valence-corrected chi connectivity index (χ2v) is 3.54. The number of para-hydroxylation sites is 1. The Kier molecular flexibility index (Phi) is 2.60. The molecule has 0 unspecified atom stereocenters. The Labute approximate surface area is 88.1 Å². The third-order valence-corrected chi connectivity index (χ3v) is 2.49. The number of benzene rings is 1. The molecule has 80 valence electrons. The van der Waals surface area contributed by atoms with Gasteiger partial charge in [0.1, 0.15) is 12.4 Å². The highest BCUT2D eigenvalue weighted by molar-refractivity contribution is 5.96. The molecule has 1 saturated heterocycles. The molecule has 0 bridgehead atoms. The fraction of sp³-hybridized carbons (Fsp3) is 0.364. The molecule has 1 aromatic carbocycles. The number of anilines is 1. The molecule has 2 rings (SSSR count). The van der Waals surface area contributed by atoms with Gasteiger partial charge < -0.3 is 14.7 Å². The topological polar surface area (TPSA) is 49.8 Å². The standard InChI is InChI=1S/C11H13NO3/c1-8-3-2-4-9(11(8)14)12-5-6-15-7-10(12)13/h2-4,14H,5-7H2,1H3. The van der Waals surface area contributed by atoms with Crippen molar-refractivity contribution in [1.29, 1.82) is 0 Å². The molecule has 15 heavy (non-hydrogen) atoms. The number of ether oxygens (including phenoxy) is 1. The first-order chi connectivity index (χ1) is 7.20. The quantitative estimate of drug-likeness (QED) is 0.749. The molecular formula is C11H13NO3. The molecule has 4 heteroatoms. The molecule has 1 N–H and O–H groups in total. The summed E-state index contributed by atoms with van der Waals surface area (Å²) in [6, 6.07) is 5.38. The van der Waals surface area contributed by atoms with Gasteiger partial charge in [0.15, 0.2) is 0 Å². The molecule has 1 fully saturated rings. The fourth-order valence-electron chi connectivity index (χ4n) is 1.63. The van der Waals surface area contributed by atoms with Crippen molar-refractivity contribution < 1.29 is 14.6 Å². The Morgan fingerprint density at radius 3 is 3.00 bits per heavy atom. The largest absolute Gasteiger partial charge is 0.505 e. The summed E-state index contributed by atoms with van der Waals surface area (Å²) in [5.41, 5.74) is 1.34. The lowest BCUT2D eigenvalue weighted by Gasteiger charge is -2.27. The van der Waals surface area contributed by atoms with Crippen molar-refractivity contribution in [2.24, 2.45) is 0 Å². The first kappa shape index (κ1) is 9.98. The lowest BCUT2D eigenvalue weighted by Crippen LogP contribution is -2.41. The normalized spacial score (nSPS) is 16.9. The van der Waals surface area contributed by atoms with Crippen LogP contribution in [0.3, 0.4) is 0 Å². The van der Waals surface area contributed by atoms with E-state index in [9.17, 15) is 9.90 Å². The van der Waals surface area contributed by atoms with E-state index in [2.05, 4.69) is 0 Å². The highest BCUT2D eigenvalue weighted by Crippen LogP contribution is 2.30. The Hall–Kier alpha value is -1.55. The van der Waals surface area contributed by atoms with Gasteiger partial charge in [-0.15, -0.1) is 0 Å². The van der Waals surface area contributed by atoms with Crippen LogP contribution in [0, 0.1) is 6.92 Å². The maximum absolute atomic E-state index is 11.5. The van der Waals surface area contributed by atoms with E-state index in [0.717, 1.165) is 5.56 Å². The molecule has 1 aliphatic heterocycles. The number of phenols is 1. The molecule has 0 aliphatic carbocycles. The van der Waals surface area contributed by atoms with Gasteiger partial charge in [0.05, 0.1) is 12.3 Å². The molecule has 4 nitrogen and oxygen atoms in total. The van der Waals surface area contributed by atoms with Crippen molar-refractivity contribution in [1.82, 2.24) is 0 Å². The van der Waals surface area contributed by atoms with E-state index < -0.39 is 0 Å². The number of morpholine rings is 1. The molecule has 0 radical (unpaired) electrons. The lowest BCUT2D eigenvalue weighted by atomic mass is 10.1. The summed E-state index contributed by atoms with van der Waals surface area (Å²) in [7, 11) is 0. The van der Waals surface area contributed by atoms with Gasteiger partial charge in [-0.3, -0.25) is 4.79 Å². The fourth-order valence-corrected chi connectivity index (χ4v) is 1.63. The minimum absolute atomic E-state index is 0.0907. The number of amides is 1. The predicted octanol–water partition coefficient (Wildman–Crippen LogP) is 1.06. The van der Waals surface area contributed by atoms with Gasteiger partial charge in [-0.1, -0.05) is 12.1 Å². The van der Waals surface area contributed by atoms with Gasteiger partial charge in [0, 0.05) is 6.54 Å². The van der Waals surface area contributed by atoms with Gasteiger partial charge in [-0.25, -0.2) is 0 Å². The number of carbonyl (C=O) groups excluding carboxylic acids is 1. The molecule has 1 aliphatic rings. The van der Waals surface area contributed by atoms with E-state index in [1.54, 1.807) is 11.0 Å². The zero-order chi connectivity index (χ0) is 10.8. The number of aryl methyl sites for hydroxylation is 1. The number of hydrogen-bond acceptors (Lipinski definition) is 3. The summed E-state index contributed by atoms with van der Waals surface area (Å²) >= 11 is 0. The van der Waals surface area contributed by atoms with Crippen LogP contribution in [-0.4, -0.2) is 30.8 Å². The van der Waals surface area contributed by atoms with E-state index >= 15 is 0 Å². The summed E-state index contributed by atoms with van der Waals surface area (Å²) in [4.78, 5) is 13.1. The molecular weight excluding hydrogens is 194 g/mol. The summed E-state index contributed by atoms with van der Waals surface area (Å²) in [6.45, 7) is 2.91. The van der Waals surface area contributed by atoms with Crippen LogP contribution in [0.2, 0.25) is 0 Å². The lowest BCUT2D eigenvalue weighted by molar-refractivity contribution is -0.125. The zero-order valence-corrected chi connectivity index (χ0v) is 8.56. The summed E-state index contributed by atoms with van der Waals surface area (Å²) in [6.07, 6.45) is 0. The highest BCUT2D eigenvalue weighted by Gasteiger charge is 2.22. The van der Waals surface area contributed by atoms with Crippen molar-refractivity contribution in [3.05, 3.63) is 23.8 Å². The molecule has 0 aromatic heterocycles. The average Bonchev–Trinajstić information content (AvgIpc) is 2.23. The van der Waals surface area contributed by atoms with Crippen LogP contribution in [0.15, 0.2) is 18.2 Å². The molecule has 0 saturated carbocycles. The van der Waals surface area contributed by atoms with Crippen molar-refractivity contribution >= 4 is 11.6 Å². The number of phenolic OH excluding ortho intramolecular Hbond substituents is 1. The van der Waals surface area contributed by atoms with Crippen LogP contribution in [0.5, 0.6) is 5.75 Å². The Morgan fingerprint density at radius 2 is 2.27 bits per heavy atom. The van der Waals surface area contributed by atoms with E-state index in [0.29, 0.717) is 18.8 Å². The first-order valence-corrected chi connectivity index (χ1v) is 4.87. The van der Waals surface area contributed by atoms with Crippen molar-refractivity contribution in [3.8, 4) is 5.75 Å². The zero-order valence-electron chi connectivity index (χ0n) is 8.56. The highest BCUT2D eigenvalue weighted by atomic mass is 16.5. The maximum atomic E-state index is 11.5. The smallest absolute Gasteiger partial charge is 0.253 e. The molecule has 0 atom stereocenters. The Morgan fingerprint density at radius 1 is 1.47 bits per heavy atom. The number of rotatable bonds is 1. The Bertz CT molecular complexity index is 389. The number of hydrogen-bond donors (Lipinski definition) is 1. The molecule has 1 aromatic rings. The van der Waals surface area contributed by atoms with Crippen LogP contribution in [0.4, 0.5) is 5.69 Å². The van der Waals surface area contributed by atoms with Crippen molar-refractivity contribution in [2.45, 2.75) is 6.92 Å². The second-order valence-electron chi connectivity index (χ2n) is 3.54. The van der Waals surface area contributed by atoms with Crippen LogP contribution in [-0.2, 0) is 9.53 Å². The maximum Gasteiger partial charge on any atom is 0.253 e. The molecule has 0 spiro atoms. The first-order valence-electron chi connectivity index (χ1n) is 4.87. The van der Waals surface area contributed by atoms with E-state index in [4.69, 9.17) is 4.74 Å². The third kappa shape index (κ3) is 1.80. The van der Waals surface area contributed by atoms with Gasteiger partial charge in [-0.2, -0.15) is 0 Å². The predicted molar refractivity (Wildman–Crippen MR) is 56.0 cm³/mol. The summed E-state index contributed by atoms with van der Waals surface area (Å²) < 4.78 is 5.03. The SMILES string of the molecule is Cc1cccc(N2CCOCC2=O)c1O. The molecule has 1 amide bonds. The number of nitrogens with zero attached hydrogens (tertiary/aromatic N) is 1. The minimum atomic E-state index is -0.109. The van der Waals surface area contributed by atoms with Crippen molar-refractivity contribution in [2.75, 3.05) is 24.7 Å². The van der Waals surface area contributed by atoms with E-state index in [-0.39, 0.29) is 18.3 Å². The minimum Gasteiger partial charge on any atom is -0.505 e. The second kappa shape index (κ2) is 3.90. The van der Waals surface area contributed by atoms with E-state index in [1.807, 2.05) is 19.1 Å². The summed E-state index contributed by atoms with van der Waals surface area (Å²) in [5.74, 6) is 0.0647.